The zero-order valence-electron chi connectivity index (χ0n) is 23.2. The summed E-state index contributed by atoms with van der Waals surface area (Å²) in [7, 11) is 2.71. The molecule has 0 aromatic heterocycles. The number of benzene rings is 2. The van der Waals surface area contributed by atoms with Gasteiger partial charge < -0.3 is 31.6 Å². The van der Waals surface area contributed by atoms with Gasteiger partial charge in [-0.2, -0.15) is 0 Å². The Morgan fingerprint density at radius 1 is 0.700 bits per heavy atom. The molecule has 0 radical (unpaired) electrons. The van der Waals surface area contributed by atoms with Gasteiger partial charge in [0.25, 0.3) is 0 Å². The van der Waals surface area contributed by atoms with Crippen molar-refractivity contribution in [3.63, 3.8) is 0 Å². The minimum Gasteiger partial charge on any atom is -0.468 e. The molecule has 0 saturated carbocycles. The molecule has 0 amide bonds. The van der Waals surface area contributed by atoms with Crippen LogP contribution >= 0.6 is 24.8 Å². The lowest BCUT2D eigenvalue weighted by atomic mass is 9.97. The zero-order valence-corrected chi connectivity index (χ0v) is 24.8. The van der Waals surface area contributed by atoms with Crippen LogP contribution in [-0.4, -0.2) is 64.4 Å². The zero-order chi connectivity index (χ0) is 27.3. The average molecular weight is 594 g/mol. The van der Waals surface area contributed by atoms with E-state index < -0.39 is 12.1 Å². The standard InChI is InChI=1S/2C15H20N2O2.2ClH/c2*1-19-15(18)14(16)10-11-2-4-12(5-3-11)13-6-8-17-9-7-13;;/h2*2-6,14,17H,7-10,16H2,1H3;2*1H/t2*14-;;/m00../s1. The van der Waals surface area contributed by atoms with E-state index in [1.165, 1.54) is 36.5 Å². The van der Waals surface area contributed by atoms with Gasteiger partial charge in [0.1, 0.15) is 12.1 Å². The van der Waals surface area contributed by atoms with E-state index in [1.807, 2.05) is 24.3 Å². The highest BCUT2D eigenvalue weighted by Crippen LogP contribution is 2.21. The SMILES string of the molecule is COC(=O)[C@@H](N)Cc1ccc(C2=CCNCC2)cc1.COC(=O)[C@@H](N)Cc1ccc(C2=CCNCC2)cc1.Cl.Cl. The maximum absolute atomic E-state index is 11.3. The number of ether oxygens (including phenoxy) is 2. The van der Waals surface area contributed by atoms with E-state index in [1.54, 1.807) is 0 Å². The Morgan fingerprint density at radius 3 is 1.32 bits per heavy atom. The largest absolute Gasteiger partial charge is 0.468 e. The molecule has 2 aliphatic heterocycles. The highest BCUT2D eigenvalue weighted by atomic mass is 35.5. The average Bonchev–Trinajstić information content (AvgIpc) is 2.98. The summed E-state index contributed by atoms with van der Waals surface area (Å²) >= 11 is 0. The predicted octanol–water partition coefficient (Wildman–Crippen LogP) is 3.06. The Labute approximate surface area is 249 Å². The molecule has 2 aromatic rings. The summed E-state index contributed by atoms with van der Waals surface area (Å²) in [5.74, 6) is -0.740. The first-order chi connectivity index (χ1) is 18.4. The molecule has 0 aliphatic carbocycles. The number of halogens is 2. The minimum absolute atomic E-state index is 0. The molecular formula is C30H42Cl2N4O4. The van der Waals surface area contributed by atoms with Crippen molar-refractivity contribution >= 4 is 47.9 Å². The number of nitrogens with one attached hydrogen (secondary N) is 2. The monoisotopic (exact) mass is 592 g/mol. The van der Waals surface area contributed by atoms with Crippen molar-refractivity contribution in [1.29, 1.82) is 0 Å². The third-order valence-corrected chi connectivity index (χ3v) is 6.70. The molecule has 0 spiro atoms. The highest BCUT2D eigenvalue weighted by Gasteiger charge is 2.15. The van der Waals surface area contributed by atoms with Gasteiger partial charge in [-0.05, 0) is 72.2 Å². The molecule has 2 aliphatic rings. The summed E-state index contributed by atoms with van der Waals surface area (Å²) < 4.78 is 9.25. The molecule has 0 bridgehead atoms. The van der Waals surface area contributed by atoms with Crippen LogP contribution in [-0.2, 0) is 31.9 Å². The van der Waals surface area contributed by atoms with Crippen LogP contribution in [0.15, 0.2) is 60.7 Å². The van der Waals surface area contributed by atoms with Gasteiger partial charge in [0, 0.05) is 13.1 Å². The van der Waals surface area contributed by atoms with Crippen LogP contribution < -0.4 is 22.1 Å². The summed E-state index contributed by atoms with van der Waals surface area (Å²) in [6, 6.07) is 15.3. The maximum atomic E-state index is 11.3. The number of methoxy groups -OCH3 is 2. The highest BCUT2D eigenvalue weighted by molar-refractivity contribution is 5.85. The fourth-order valence-corrected chi connectivity index (χ4v) is 4.46. The van der Waals surface area contributed by atoms with Crippen molar-refractivity contribution in [3.8, 4) is 0 Å². The van der Waals surface area contributed by atoms with E-state index in [-0.39, 0.29) is 36.8 Å². The first-order valence-corrected chi connectivity index (χ1v) is 13.1. The van der Waals surface area contributed by atoms with Gasteiger partial charge >= 0.3 is 11.9 Å². The van der Waals surface area contributed by atoms with Crippen LogP contribution in [0.25, 0.3) is 11.1 Å². The predicted molar refractivity (Wildman–Crippen MR) is 166 cm³/mol. The van der Waals surface area contributed by atoms with Crippen molar-refractivity contribution in [2.45, 2.75) is 37.8 Å². The van der Waals surface area contributed by atoms with Crippen molar-refractivity contribution < 1.29 is 19.1 Å². The van der Waals surface area contributed by atoms with Crippen molar-refractivity contribution in [2.24, 2.45) is 11.5 Å². The lowest BCUT2D eigenvalue weighted by molar-refractivity contribution is -0.142. The number of carbonyl (C=O) groups excluding carboxylic acids is 2. The third-order valence-electron chi connectivity index (χ3n) is 6.70. The molecule has 0 unspecified atom stereocenters. The summed E-state index contributed by atoms with van der Waals surface area (Å²) in [6.07, 6.45) is 7.57. The van der Waals surface area contributed by atoms with E-state index in [4.69, 9.17) is 11.5 Å². The fraction of sp³-hybridized carbons (Fsp3) is 0.400. The molecule has 8 nitrogen and oxygen atoms in total. The Morgan fingerprint density at radius 2 is 1.05 bits per heavy atom. The molecule has 4 rings (SSSR count). The Balaban J connectivity index is 0.000000381. The maximum Gasteiger partial charge on any atom is 0.322 e. The lowest BCUT2D eigenvalue weighted by Gasteiger charge is -2.15. The van der Waals surface area contributed by atoms with E-state index in [0.29, 0.717) is 12.8 Å². The third kappa shape index (κ3) is 11.0. The molecule has 10 heteroatoms. The molecule has 2 heterocycles. The number of hydrogen-bond donors (Lipinski definition) is 4. The molecule has 2 atom stereocenters. The van der Waals surface area contributed by atoms with E-state index in [2.05, 4.69) is 56.5 Å². The van der Waals surface area contributed by atoms with Gasteiger partial charge in [-0.1, -0.05) is 60.7 Å². The minimum atomic E-state index is -0.589. The van der Waals surface area contributed by atoms with Gasteiger partial charge in [-0.15, -0.1) is 24.8 Å². The smallest absolute Gasteiger partial charge is 0.322 e. The van der Waals surface area contributed by atoms with Gasteiger partial charge in [-0.3, -0.25) is 9.59 Å². The second-order valence-electron chi connectivity index (χ2n) is 9.43. The van der Waals surface area contributed by atoms with E-state index >= 15 is 0 Å². The summed E-state index contributed by atoms with van der Waals surface area (Å²) in [6.45, 7) is 3.93. The fourth-order valence-electron chi connectivity index (χ4n) is 4.46. The van der Waals surface area contributed by atoms with Crippen LogP contribution in [0.5, 0.6) is 0 Å². The molecular weight excluding hydrogens is 551 g/mol. The van der Waals surface area contributed by atoms with Gasteiger partial charge in [0.05, 0.1) is 14.2 Å². The Bertz CT molecular complexity index is 1030. The summed E-state index contributed by atoms with van der Waals surface area (Å²) in [5.41, 5.74) is 18.8. The van der Waals surface area contributed by atoms with Crippen LogP contribution in [0.2, 0.25) is 0 Å². The quantitative estimate of drug-likeness (QED) is 0.344. The summed E-state index contributed by atoms with van der Waals surface area (Å²) in [5, 5.41) is 6.59. The number of rotatable bonds is 8. The van der Waals surface area contributed by atoms with E-state index in [0.717, 1.165) is 50.1 Å². The lowest BCUT2D eigenvalue weighted by Crippen LogP contribution is -2.33. The molecule has 220 valence electrons. The van der Waals surface area contributed by atoms with Crippen LogP contribution in [0.3, 0.4) is 0 Å². The molecule has 40 heavy (non-hydrogen) atoms. The topological polar surface area (TPSA) is 129 Å². The van der Waals surface area contributed by atoms with Crippen molar-refractivity contribution in [2.75, 3.05) is 40.4 Å². The van der Waals surface area contributed by atoms with Crippen molar-refractivity contribution in [1.82, 2.24) is 10.6 Å². The Kier molecular flexibility index (Phi) is 16.4. The van der Waals surface area contributed by atoms with Gasteiger partial charge in [-0.25, -0.2) is 0 Å². The molecule has 0 fully saturated rings. The van der Waals surface area contributed by atoms with Gasteiger partial charge in [0.2, 0.25) is 0 Å². The number of nitrogens with two attached hydrogens (primary N) is 2. The van der Waals surface area contributed by atoms with Crippen molar-refractivity contribution in [3.05, 3.63) is 82.9 Å². The first-order valence-electron chi connectivity index (χ1n) is 13.1. The number of carbonyl (C=O) groups is 2. The second-order valence-corrected chi connectivity index (χ2v) is 9.43. The molecule has 0 saturated heterocycles. The normalized spacial score (nSPS) is 15.8. The van der Waals surface area contributed by atoms with Crippen LogP contribution in [0.4, 0.5) is 0 Å². The number of hydrogen-bond acceptors (Lipinski definition) is 8. The van der Waals surface area contributed by atoms with E-state index in [9.17, 15) is 9.59 Å². The summed E-state index contributed by atoms with van der Waals surface area (Å²) in [4.78, 5) is 22.5. The number of esters is 2. The van der Waals surface area contributed by atoms with Gasteiger partial charge in [0.15, 0.2) is 0 Å². The second kappa shape index (κ2) is 18.6. The first kappa shape index (κ1) is 35.3. The Hall–Kier alpha value is -2.72. The molecule has 2 aromatic carbocycles. The van der Waals surface area contributed by atoms with Crippen LogP contribution in [0, 0.1) is 0 Å². The molecule has 6 N–H and O–H groups in total. The van der Waals surface area contributed by atoms with Crippen LogP contribution in [0.1, 0.15) is 35.1 Å².